The van der Waals surface area contributed by atoms with Crippen LogP contribution in [0.1, 0.15) is 162 Å². The largest absolute Gasteiger partial charge is 0.747 e. The van der Waals surface area contributed by atoms with Crippen LogP contribution in [0.5, 0.6) is 0 Å². The Labute approximate surface area is 307 Å². The van der Waals surface area contributed by atoms with Gasteiger partial charge in [-0.2, -0.15) is 0 Å². The highest BCUT2D eigenvalue weighted by Gasteiger charge is 2.31. The van der Waals surface area contributed by atoms with Crippen LogP contribution in [0.2, 0.25) is 0 Å². The molecular weight excluding hydrogens is 651 g/mol. The van der Waals surface area contributed by atoms with E-state index < -0.39 is 33.7 Å². The third-order valence-corrected chi connectivity index (χ3v) is 10.6. The van der Waals surface area contributed by atoms with Gasteiger partial charge in [0.15, 0.2) is 5.25 Å². The van der Waals surface area contributed by atoms with Gasteiger partial charge in [0.2, 0.25) is 0 Å². The van der Waals surface area contributed by atoms with Gasteiger partial charge >= 0.3 is 11.9 Å². The number of hydrogen-bond acceptors (Lipinski definition) is 7. The monoisotopic (exact) mass is 726 g/mol. The molecule has 0 saturated carbocycles. The molecular formula is C41H75NO7S. The fraction of sp³-hybridized carbons (Fsp3) is 0.805. The number of rotatable bonds is 29. The molecule has 1 aromatic rings. The summed E-state index contributed by atoms with van der Waals surface area (Å²) in [7, 11) is -0.291. The molecule has 0 radical (unpaired) electrons. The summed E-state index contributed by atoms with van der Waals surface area (Å²) in [6, 6.07) is 10.9. The SMILES string of the molecule is CCCCC(CC)COC(=O)CC(C(=O)OCC(CC)CCCC)S(=O)(=O)[O-].CCCCCCCCCCCC[N+](C)(C)Cc1ccccc1. The highest BCUT2D eigenvalue weighted by Crippen LogP contribution is 2.18. The van der Waals surface area contributed by atoms with Crippen molar-refractivity contribution >= 4 is 22.1 Å². The van der Waals surface area contributed by atoms with Crippen LogP contribution in [0.4, 0.5) is 0 Å². The third-order valence-electron chi connectivity index (χ3n) is 9.56. The first-order valence-electron chi connectivity index (χ1n) is 20.0. The second-order valence-electron chi connectivity index (χ2n) is 14.8. The van der Waals surface area contributed by atoms with Crippen molar-refractivity contribution in [2.45, 2.75) is 168 Å². The molecule has 0 aliphatic carbocycles. The van der Waals surface area contributed by atoms with Gasteiger partial charge in [-0.15, -0.1) is 0 Å². The molecule has 0 spiro atoms. The number of carbonyl (C=O) groups is 2. The Balaban J connectivity index is 0.000000986. The second-order valence-corrected chi connectivity index (χ2v) is 16.4. The summed E-state index contributed by atoms with van der Waals surface area (Å²) in [6.07, 6.45) is 20.8. The summed E-state index contributed by atoms with van der Waals surface area (Å²) in [5.41, 5.74) is 1.46. The van der Waals surface area contributed by atoms with Crippen molar-refractivity contribution in [3.05, 3.63) is 35.9 Å². The van der Waals surface area contributed by atoms with Crippen LogP contribution in [0.25, 0.3) is 0 Å². The van der Waals surface area contributed by atoms with E-state index in [-0.39, 0.29) is 25.0 Å². The average molecular weight is 726 g/mol. The number of unbranched alkanes of at least 4 members (excludes halogenated alkanes) is 11. The lowest BCUT2D eigenvalue weighted by Crippen LogP contribution is -2.39. The molecule has 0 aromatic heterocycles. The van der Waals surface area contributed by atoms with Gasteiger partial charge in [0.25, 0.3) is 0 Å². The van der Waals surface area contributed by atoms with Gasteiger partial charge < -0.3 is 18.5 Å². The molecule has 292 valence electrons. The summed E-state index contributed by atoms with van der Waals surface area (Å²) in [6.45, 7) is 13.0. The van der Waals surface area contributed by atoms with Crippen molar-refractivity contribution < 1.29 is 36.5 Å². The predicted octanol–water partition coefficient (Wildman–Crippen LogP) is 9.99. The Morgan fingerprint density at radius 1 is 0.680 bits per heavy atom. The smallest absolute Gasteiger partial charge is 0.323 e. The standard InChI is InChI=1S/C21H38N.C20H38O7S/c1-4-5-6-7-8-9-10-11-12-16-19-22(2,3)20-21-17-14-13-15-18-21;1-5-9-11-16(7-3)14-26-19(21)13-18(28(23,24)25)20(22)27-15-17(8-4)12-10-6-2/h13-15,17-18H,4-12,16,19-20H2,1-3H3;16-18H,5-15H2,1-4H3,(H,23,24,25)/q+1;/p-1. The number of quaternary nitrogens is 1. The number of nitrogens with zero attached hydrogens (tertiary/aromatic N) is 1. The van der Waals surface area contributed by atoms with Crippen molar-refractivity contribution in [3.63, 3.8) is 0 Å². The number of esters is 2. The fourth-order valence-corrected chi connectivity index (χ4v) is 6.64. The molecule has 0 saturated heterocycles. The van der Waals surface area contributed by atoms with Gasteiger partial charge in [0, 0.05) is 5.56 Å². The average Bonchev–Trinajstić information content (AvgIpc) is 3.08. The molecule has 8 nitrogen and oxygen atoms in total. The van der Waals surface area contributed by atoms with Crippen molar-refractivity contribution in [3.8, 4) is 0 Å². The first kappa shape index (κ1) is 48.0. The zero-order valence-electron chi connectivity index (χ0n) is 33.1. The number of benzene rings is 1. The minimum Gasteiger partial charge on any atom is -0.747 e. The summed E-state index contributed by atoms with van der Waals surface area (Å²) >= 11 is 0. The van der Waals surface area contributed by atoms with E-state index in [1.54, 1.807) is 0 Å². The molecule has 0 aliphatic heterocycles. The highest BCUT2D eigenvalue weighted by atomic mass is 32.2. The Morgan fingerprint density at radius 3 is 1.60 bits per heavy atom. The molecule has 1 aromatic carbocycles. The summed E-state index contributed by atoms with van der Waals surface area (Å²) in [4.78, 5) is 24.1. The van der Waals surface area contributed by atoms with Gasteiger partial charge in [0.05, 0.1) is 40.3 Å². The highest BCUT2D eigenvalue weighted by molar-refractivity contribution is 7.87. The Kier molecular flexibility index (Phi) is 28.4. The van der Waals surface area contributed by atoms with Crippen LogP contribution in [0, 0.1) is 11.8 Å². The van der Waals surface area contributed by atoms with Crippen molar-refractivity contribution in [1.29, 1.82) is 0 Å². The number of ether oxygens (including phenoxy) is 2. The van der Waals surface area contributed by atoms with E-state index in [0.717, 1.165) is 62.4 Å². The minimum atomic E-state index is -5.01. The summed E-state index contributed by atoms with van der Waals surface area (Å²) in [5.74, 6) is -1.74. The molecule has 0 amide bonds. The maximum atomic E-state index is 12.1. The van der Waals surface area contributed by atoms with Crippen LogP contribution in [0.3, 0.4) is 0 Å². The Morgan fingerprint density at radius 2 is 1.14 bits per heavy atom. The van der Waals surface area contributed by atoms with Gasteiger partial charge in [-0.05, 0) is 37.5 Å². The van der Waals surface area contributed by atoms with E-state index in [4.69, 9.17) is 9.47 Å². The molecule has 0 N–H and O–H groups in total. The zero-order chi connectivity index (χ0) is 37.7. The summed E-state index contributed by atoms with van der Waals surface area (Å²) < 4.78 is 45.7. The molecule has 50 heavy (non-hydrogen) atoms. The van der Waals surface area contributed by atoms with Crippen molar-refractivity contribution in [1.82, 2.24) is 0 Å². The molecule has 0 fully saturated rings. The molecule has 9 heteroatoms. The van der Waals surface area contributed by atoms with Crippen LogP contribution < -0.4 is 0 Å². The van der Waals surface area contributed by atoms with Crippen LogP contribution in [0.15, 0.2) is 30.3 Å². The molecule has 0 aliphatic rings. The zero-order valence-corrected chi connectivity index (χ0v) is 33.9. The van der Waals surface area contributed by atoms with E-state index in [1.165, 1.54) is 76.3 Å². The van der Waals surface area contributed by atoms with E-state index in [1.807, 2.05) is 13.8 Å². The van der Waals surface area contributed by atoms with Gasteiger partial charge in [-0.3, -0.25) is 9.59 Å². The predicted molar refractivity (Wildman–Crippen MR) is 206 cm³/mol. The Bertz CT molecular complexity index is 1080. The maximum absolute atomic E-state index is 12.1. The van der Waals surface area contributed by atoms with Gasteiger partial charge in [-0.1, -0.05) is 155 Å². The first-order valence-corrected chi connectivity index (χ1v) is 21.4. The van der Waals surface area contributed by atoms with E-state index in [0.29, 0.717) is 0 Å². The van der Waals surface area contributed by atoms with Crippen molar-refractivity contribution in [2.24, 2.45) is 11.8 Å². The molecule has 0 bridgehead atoms. The van der Waals surface area contributed by atoms with Gasteiger partial charge in [-0.25, -0.2) is 8.42 Å². The van der Waals surface area contributed by atoms with Gasteiger partial charge in [0.1, 0.15) is 16.7 Å². The number of hydrogen-bond donors (Lipinski definition) is 0. The Hall–Kier alpha value is -1.97. The summed E-state index contributed by atoms with van der Waals surface area (Å²) in [5, 5.41) is -2.06. The van der Waals surface area contributed by atoms with E-state index in [9.17, 15) is 22.6 Å². The maximum Gasteiger partial charge on any atom is 0.323 e. The number of carbonyl (C=O) groups excluding carboxylic acids is 2. The van der Waals surface area contributed by atoms with Crippen LogP contribution in [-0.2, 0) is 35.7 Å². The lowest BCUT2D eigenvalue weighted by atomic mass is 10.0. The third kappa shape index (κ3) is 25.9. The van der Waals surface area contributed by atoms with Crippen LogP contribution in [-0.4, -0.2) is 68.5 Å². The topological polar surface area (TPSA) is 110 Å². The molecule has 3 unspecified atom stereocenters. The normalized spacial score (nSPS) is 13.5. The lowest BCUT2D eigenvalue weighted by Gasteiger charge is -2.30. The lowest BCUT2D eigenvalue weighted by molar-refractivity contribution is -0.903. The second kappa shape index (κ2) is 29.6. The minimum absolute atomic E-state index is 0.0470. The van der Waals surface area contributed by atoms with Crippen molar-refractivity contribution in [2.75, 3.05) is 33.9 Å². The first-order chi connectivity index (χ1) is 23.8. The fourth-order valence-electron chi connectivity index (χ4n) is 6.00. The van der Waals surface area contributed by atoms with E-state index in [2.05, 4.69) is 65.2 Å². The molecule has 0 heterocycles. The van der Waals surface area contributed by atoms with Crippen LogP contribution >= 0.6 is 0 Å². The quantitative estimate of drug-likeness (QED) is 0.0350. The molecule has 3 atom stereocenters. The van der Waals surface area contributed by atoms with E-state index >= 15 is 0 Å². The molecule has 1 rings (SSSR count).